The first-order valence-corrected chi connectivity index (χ1v) is 21.0. The summed E-state index contributed by atoms with van der Waals surface area (Å²) in [6.45, 7) is 5.35. The molecule has 284 valence electrons. The molecule has 0 radical (unpaired) electrons. The molecule has 7 aromatic rings. The molecular formula is C43H44ClN5O4S2. The molecule has 0 fully saturated rings. The number of fused-ring (bicyclic) bond motifs is 3. The van der Waals surface area contributed by atoms with Crippen molar-refractivity contribution < 1.29 is 19.3 Å². The second-order valence-electron chi connectivity index (χ2n) is 13.7. The molecule has 0 aliphatic carbocycles. The van der Waals surface area contributed by atoms with Crippen LogP contribution in [-0.4, -0.2) is 49.6 Å². The van der Waals surface area contributed by atoms with Crippen LogP contribution in [0.25, 0.3) is 32.8 Å². The molecule has 0 saturated heterocycles. The fourth-order valence-electron chi connectivity index (χ4n) is 7.39. The molecule has 12 heteroatoms. The molecule has 0 spiro atoms. The number of benzene rings is 4. The maximum Gasteiger partial charge on any atom is 0.128 e. The van der Waals surface area contributed by atoms with Crippen molar-refractivity contribution in [2.45, 2.75) is 61.8 Å². The third-order valence-electron chi connectivity index (χ3n) is 10.1. The predicted molar refractivity (Wildman–Crippen MR) is 223 cm³/mol. The normalized spacial score (nSPS) is 12.8. The van der Waals surface area contributed by atoms with E-state index in [1.165, 1.54) is 21.4 Å². The largest absolute Gasteiger partial charge is 0.497 e. The van der Waals surface area contributed by atoms with Gasteiger partial charge in [-0.25, -0.2) is 0 Å². The third kappa shape index (κ3) is 7.99. The highest BCUT2D eigenvalue weighted by molar-refractivity contribution is 7.98. The van der Waals surface area contributed by atoms with Crippen LogP contribution >= 0.6 is 35.1 Å². The average Bonchev–Trinajstić information content (AvgIpc) is 3.87. The Morgan fingerprint density at radius 3 is 2.64 bits per heavy atom. The Labute approximate surface area is 334 Å². The van der Waals surface area contributed by atoms with Crippen LogP contribution in [0.15, 0.2) is 90.0 Å². The highest BCUT2D eigenvalue weighted by atomic mass is 35.5. The van der Waals surface area contributed by atoms with Gasteiger partial charge in [-0.15, -0.1) is 23.5 Å². The minimum atomic E-state index is -0.0302. The lowest BCUT2D eigenvalue weighted by Crippen LogP contribution is -2.17. The van der Waals surface area contributed by atoms with Gasteiger partial charge in [-0.3, -0.25) is 9.36 Å². The predicted octanol–water partition coefficient (Wildman–Crippen LogP) is 9.58. The highest BCUT2D eigenvalue weighted by Gasteiger charge is 2.26. The second kappa shape index (κ2) is 16.8. The first-order valence-electron chi connectivity index (χ1n) is 18.5. The number of halogens is 1. The van der Waals surface area contributed by atoms with Crippen LogP contribution in [0.2, 0.25) is 5.02 Å². The molecule has 0 bridgehead atoms. The lowest BCUT2D eigenvalue weighted by molar-refractivity contribution is 0.0804. The molecule has 0 atom stereocenters. The van der Waals surface area contributed by atoms with E-state index in [-0.39, 0.29) is 6.61 Å². The second-order valence-corrected chi connectivity index (χ2v) is 16.2. The molecule has 4 aromatic carbocycles. The third-order valence-corrected chi connectivity index (χ3v) is 12.4. The standard InChI is InChI=1S/C43H44ClN5O4S2/c1-28-22-48(15-6-17-53-40-21-34(19-30-7-4-5-8-35(30)40)55-25-29-9-11-33(51-3)12-10-29)38-14-13-36(44)42(41(28)38)43-37(46-49-16-18-52-24-39(43)49)27-54-26-31-20-32(23-50)47(2)45-31/h4-5,7-14,19-22,50H,6,15-18,23-27H2,1-3H3. The van der Waals surface area contributed by atoms with Gasteiger partial charge in [0.2, 0.25) is 0 Å². The first kappa shape index (κ1) is 37.5. The summed E-state index contributed by atoms with van der Waals surface area (Å²) in [6.07, 6.45) is 3.07. The van der Waals surface area contributed by atoms with Crippen molar-refractivity contribution in [3.8, 4) is 22.6 Å². The fourth-order valence-corrected chi connectivity index (χ4v) is 9.42. The Hall–Kier alpha value is -4.39. The summed E-state index contributed by atoms with van der Waals surface area (Å²) in [5.74, 6) is 4.05. The SMILES string of the molecule is COc1ccc(CSc2cc(OCCCn3cc(C)c4c(-c5c(CSCc6cc(CO)n(C)n6)nn6c5COCC6)c(Cl)ccc43)c3ccccc3c2)cc1. The molecule has 4 heterocycles. The molecule has 0 unspecified atom stereocenters. The van der Waals surface area contributed by atoms with Crippen molar-refractivity contribution in [1.29, 1.82) is 0 Å². The van der Waals surface area contributed by atoms with Crippen LogP contribution in [-0.2, 0) is 55.3 Å². The molecular weight excluding hydrogens is 750 g/mol. The maximum atomic E-state index is 9.62. The highest BCUT2D eigenvalue weighted by Crippen LogP contribution is 2.43. The quantitative estimate of drug-likeness (QED) is 0.0812. The molecule has 1 aliphatic heterocycles. The van der Waals surface area contributed by atoms with E-state index in [9.17, 15) is 5.11 Å². The van der Waals surface area contributed by atoms with Crippen molar-refractivity contribution in [1.82, 2.24) is 24.1 Å². The number of thioether (sulfide) groups is 2. The number of methoxy groups -OCH3 is 1. The van der Waals surface area contributed by atoms with Crippen molar-refractivity contribution in [3.63, 3.8) is 0 Å². The van der Waals surface area contributed by atoms with E-state index >= 15 is 0 Å². The van der Waals surface area contributed by atoms with Crippen molar-refractivity contribution in [3.05, 3.63) is 124 Å². The number of aryl methyl sites for hydroxylation is 3. The van der Waals surface area contributed by atoms with E-state index in [4.69, 9.17) is 30.9 Å². The lowest BCUT2D eigenvalue weighted by atomic mass is 9.97. The molecule has 8 rings (SSSR count). The van der Waals surface area contributed by atoms with E-state index in [1.54, 1.807) is 23.6 Å². The fraction of sp³-hybridized carbons (Fsp3) is 0.302. The van der Waals surface area contributed by atoms with Gasteiger partial charge in [-0.1, -0.05) is 48.0 Å². The van der Waals surface area contributed by atoms with Gasteiger partial charge < -0.3 is 23.9 Å². The molecule has 3 aromatic heterocycles. The van der Waals surface area contributed by atoms with Gasteiger partial charge in [0.05, 0.1) is 62.9 Å². The van der Waals surface area contributed by atoms with Gasteiger partial charge in [0.15, 0.2) is 0 Å². The number of aromatic nitrogens is 5. The molecule has 0 saturated carbocycles. The van der Waals surface area contributed by atoms with Gasteiger partial charge in [0, 0.05) is 74.4 Å². The van der Waals surface area contributed by atoms with E-state index in [2.05, 4.69) is 82.1 Å². The van der Waals surface area contributed by atoms with E-state index < -0.39 is 0 Å². The summed E-state index contributed by atoms with van der Waals surface area (Å²) in [5, 5.41) is 23.4. The Morgan fingerprint density at radius 2 is 1.82 bits per heavy atom. The van der Waals surface area contributed by atoms with E-state index in [1.807, 2.05) is 43.1 Å². The first-order chi connectivity index (χ1) is 26.9. The topological polar surface area (TPSA) is 88.5 Å². The van der Waals surface area contributed by atoms with E-state index in [0.717, 1.165) is 80.4 Å². The summed E-state index contributed by atoms with van der Waals surface area (Å²) >= 11 is 10.7. The minimum Gasteiger partial charge on any atom is -0.497 e. The zero-order valence-electron chi connectivity index (χ0n) is 31.3. The molecule has 1 N–H and O–H groups in total. The minimum absolute atomic E-state index is 0.0302. The Kier molecular flexibility index (Phi) is 11.4. The average molecular weight is 794 g/mol. The van der Waals surface area contributed by atoms with Gasteiger partial charge in [-0.2, -0.15) is 10.2 Å². The number of hydrogen-bond donors (Lipinski definition) is 1. The zero-order chi connectivity index (χ0) is 37.9. The maximum absolute atomic E-state index is 9.62. The van der Waals surface area contributed by atoms with Crippen molar-refractivity contribution >= 4 is 56.8 Å². The van der Waals surface area contributed by atoms with Crippen molar-refractivity contribution in [2.24, 2.45) is 7.05 Å². The van der Waals surface area contributed by atoms with Gasteiger partial charge in [0.25, 0.3) is 0 Å². The van der Waals surface area contributed by atoms with Crippen LogP contribution in [0.3, 0.4) is 0 Å². The van der Waals surface area contributed by atoms with Crippen molar-refractivity contribution in [2.75, 3.05) is 20.3 Å². The Balaban J connectivity index is 1.00. The summed E-state index contributed by atoms with van der Waals surface area (Å²) in [7, 11) is 3.55. The number of aliphatic hydroxyl groups excluding tert-OH is 1. The Bertz CT molecular complexity index is 2460. The molecule has 55 heavy (non-hydrogen) atoms. The van der Waals surface area contributed by atoms with Gasteiger partial charge in [-0.05, 0) is 72.3 Å². The number of rotatable bonds is 15. The summed E-state index contributed by atoms with van der Waals surface area (Å²) in [5.41, 5.74) is 9.44. The van der Waals surface area contributed by atoms with Crippen LogP contribution in [0, 0.1) is 6.92 Å². The lowest BCUT2D eigenvalue weighted by Gasteiger charge is -2.17. The van der Waals surface area contributed by atoms with Gasteiger partial charge in [0.1, 0.15) is 11.5 Å². The smallest absolute Gasteiger partial charge is 0.128 e. The summed E-state index contributed by atoms with van der Waals surface area (Å²) in [6, 6.07) is 27.2. The number of nitrogens with zero attached hydrogens (tertiary/aromatic N) is 5. The van der Waals surface area contributed by atoms with Crippen LogP contribution < -0.4 is 9.47 Å². The summed E-state index contributed by atoms with van der Waals surface area (Å²) < 4.78 is 24.0. The monoisotopic (exact) mass is 793 g/mol. The molecule has 0 amide bonds. The zero-order valence-corrected chi connectivity index (χ0v) is 33.6. The number of ether oxygens (including phenoxy) is 3. The van der Waals surface area contributed by atoms with Crippen LogP contribution in [0.1, 0.15) is 40.3 Å². The van der Waals surface area contributed by atoms with Gasteiger partial charge >= 0.3 is 0 Å². The summed E-state index contributed by atoms with van der Waals surface area (Å²) in [4.78, 5) is 1.18. The van der Waals surface area contributed by atoms with Crippen LogP contribution in [0.4, 0.5) is 0 Å². The number of aliphatic hydroxyl groups is 1. The molecule has 9 nitrogen and oxygen atoms in total. The Morgan fingerprint density at radius 1 is 0.964 bits per heavy atom. The number of hydrogen-bond acceptors (Lipinski definition) is 8. The molecule has 1 aliphatic rings. The van der Waals surface area contributed by atoms with E-state index in [0.29, 0.717) is 42.9 Å². The van der Waals surface area contributed by atoms with Crippen LogP contribution in [0.5, 0.6) is 11.5 Å².